The van der Waals surface area contributed by atoms with Gasteiger partial charge in [-0.3, -0.25) is 4.68 Å². The molecular formula is C19H18BrN7. The van der Waals surface area contributed by atoms with E-state index in [9.17, 15) is 0 Å². The summed E-state index contributed by atoms with van der Waals surface area (Å²) in [7, 11) is 1.96. The maximum Gasteiger partial charge on any atom is 0.158 e. The first-order valence-corrected chi connectivity index (χ1v) is 9.66. The second-order valence-electron chi connectivity index (χ2n) is 6.73. The van der Waals surface area contributed by atoms with E-state index >= 15 is 0 Å². The summed E-state index contributed by atoms with van der Waals surface area (Å²) in [6.45, 7) is 4.00. The van der Waals surface area contributed by atoms with Crippen molar-refractivity contribution >= 4 is 27.3 Å². The van der Waals surface area contributed by atoms with Crippen LogP contribution in [-0.4, -0.2) is 42.5 Å². The topological polar surface area (TPSA) is 64.1 Å². The molecule has 0 unspecified atom stereocenters. The molecule has 4 heterocycles. The summed E-state index contributed by atoms with van der Waals surface area (Å²) in [6.07, 6.45) is 4.68. The molecular weight excluding hydrogens is 406 g/mol. The minimum Gasteiger partial charge on any atom is -0.355 e. The molecule has 1 fully saturated rings. The van der Waals surface area contributed by atoms with Gasteiger partial charge in [-0.05, 0) is 25.5 Å². The third-order valence-corrected chi connectivity index (χ3v) is 5.57. The highest BCUT2D eigenvalue weighted by molar-refractivity contribution is 9.10. The van der Waals surface area contributed by atoms with Gasteiger partial charge < -0.3 is 4.90 Å². The van der Waals surface area contributed by atoms with Crippen LogP contribution in [0.3, 0.4) is 0 Å². The molecule has 7 nitrogen and oxygen atoms in total. The maximum atomic E-state index is 4.85. The third-order valence-electron chi connectivity index (χ3n) is 5.04. The Morgan fingerprint density at radius 1 is 1.07 bits per heavy atom. The predicted molar refractivity (Wildman–Crippen MR) is 108 cm³/mol. The lowest BCUT2D eigenvalue weighted by molar-refractivity contribution is 0.608. The normalized spacial score (nSPS) is 14.0. The summed E-state index contributed by atoms with van der Waals surface area (Å²) in [6, 6.07) is 8.25. The number of halogens is 1. The number of anilines is 1. The molecule has 0 N–H and O–H groups in total. The van der Waals surface area contributed by atoms with Gasteiger partial charge in [-0.1, -0.05) is 28.1 Å². The van der Waals surface area contributed by atoms with Gasteiger partial charge in [0, 0.05) is 35.7 Å². The quantitative estimate of drug-likeness (QED) is 0.504. The molecule has 1 aliphatic heterocycles. The van der Waals surface area contributed by atoms with Crippen LogP contribution >= 0.6 is 15.9 Å². The molecule has 0 spiro atoms. The Balaban J connectivity index is 1.77. The van der Waals surface area contributed by atoms with Crippen LogP contribution < -0.4 is 4.90 Å². The summed E-state index contributed by atoms with van der Waals surface area (Å²) >= 11 is 3.51. The number of hydrogen-bond acceptors (Lipinski definition) is 5. The molecule has 27 heavy (non-hydrogen) atoms. The molecule has 1 aliphatic rings. The van der Waals surface area contributed by atoms with Gasteiger partial charge in [-0.15, -0.1) is 0 Å². The van der Waals surface area contributed by atoms with Crippen LogP contribution in [0.4, 0.5) is 5.82 Å². The van der Waals surface area contributed by atoms with E-state index in [4.69, 9.17) is 4.98 Å². The minimum absolute atomic E-state index is 0.842. The lowest BCUT2D eigenvalue weighted by Gasteiger charge is -2.32. The van der Waals surface area contributed by atoms with Crippen molar-refractivity contribution in [2.45, 2.75) is 13.3 Å². The zero-order chi connectivity index (χ0) is 18.5. The van der Waals surface area contributed by atoms with Gasteiger partial charge in [-0.25, -0.2) is 14.5 Å². The van der Waals surface area contributed by atoms with Gasteiger partial charge in [0.2, 0.25) is 0 Å². The van der Waals surface area contributed by atoms with E-state index < -0.39 is 0 Å². The average Bonchev–Trinajstić information content (AvgIpc) is 3.16. The Morgan fingerprint density at radius 3 is 2.56 bits per heavy atom. The second kappa shape index (κ2) is 6.16. The molecule has 1 saturated heterocycles. The molecule has 8 heteroatoms. The van der Waals surface area contributed by atoms with Crippen LogP contribution in [0.5, 0.6) is 0 Å². The van der Waals surface area contributed by atoms with Crippen molar-refractivity contribution in [3.05, 3.63) is 47.1 Å². The van der Waals surface area contributed by atoms with Gasteiger partial charge in [0.25, 0.3) is 0 Å². The van der Waals surface area contributed by atoms with Crippen LogP contribution in [0.2, 0.25) is 0 Å². The van der Waals surface area contributed by atoms with Crippen LogP contribution in [0.15, 0.2) is 41.3 Å². The number of benzene rings is 1. The van der Waals surface area contributed by atoms with E-state index in [0.717, 1.165) is 57.2 Å². The highest BCUT2D eigenvalue weighted by Gasteiger charge is 2.26. The summed E-state index contributed by atoms with van der Waals surface area (Å²) in [5, 5.41) is 8.95. The molecule has 0 radical (unpaired) electrons. The van der Waals surface area contributed by atoms with E-state index in [1.165, 1.54) is 6.42 Å². The van der Waals surface area contributed by atoms with Crippen molar-refractivity contribution in [1.29, 1.82) is 0 Å². The Labute approximate surface area is 164 Å². The van der Waals surface area contributed by atoms with Crippen molar-refractivity contribution in [3.63, 3.8) is 0 Å². The minimum atomic E-state index is 0.842. The van der Waals surface area contributed by atoms with Crippen LogP contribution in [0, 0.1) is 6.92 Å². The monoisotopic (exact) mass is 423 g/mol. The number of aromatic nitrogens is 6. The number of fused-ring (bicyclic) bond motifs is 1. The van der Waals surface area contributed by atoms with Gasteiger partial charge in [0.1, 0.15) is 23.4 Å². The standard InChI is InChI=1S/C19H18BrN7/c1-12-24-16(18-19(26-8-3-9-26)21-11-23-27(12)18)15-10-22-25(2)17(15)13-4-6-14(20)7-5-13/h4-7,10-11H,3,8-9H2,1-2H3. The first kappa shape index (κ1) is 16.4. The first-order valence-electron chi connectivity index (χ1n) is 8.87. The molecule has 0 saturated carbocycles. The second-order valence-corrected chi connectivity index (χ2v) is 7.65. The fraction of sp³-hybridized carbons (Fsp3) is 0.263. The zero-order valence-corrected chi connectivity index (χ0v) is 16.7. The van der Waals surface area contributed by atoms with Gasteiger partial charge in [0.05, 0.1) is 11.9 Å². The third kappa shape index (κ3) is 2.55. The molecule has 5 rings (SSSR count). The summed E-state index contributed by atoms with van der Waals surface area (Å²) in [5.74, 6) is 1.78. The molecule has 0 amide bonds. The zero-order valence-electron chi connectivity index (χ0n) is 15.1. The fourth-order valence-electron chi connectivity index (χ4n) is 3.57. The highest BCUT2D eigenvalue weighted by Crippen LogP contribution is 2.37. The molecule has 0 aliphatic carbocycles. The smallest absolute Gasteiger partial charge is 0.158 e. The number of rotatable bonds is 3. The van der Waals surface area contributed by atoms with Crippen molar-refractivity contribution in [1.82, 2.24) is 29.4 Å². The number of nitrogens with zero attached hydrogens (tertiary/aromatic N) is 7. The number of imidazole rings is 1. The number of aryl methyl sites for hydroxylation is 2. The van der Waals surface area contributed by atoms with Crippen molar-refractivity contribution < 1.29 is 0 Å². The average molecular weight is 424 g/mol. The van der Waals surface area contributed by atoms with Gasteiger partial charge in [-0.2, -0.15) is 10.2 Å². The van der Waals surface area contributed by atoms with E-state index in [0.29, 0.717) is 0 Å². The highest BCUT2D eigenvalue weighted by atomic mass is 79.9. The van der Waals surface area contributed by atoms with E-state index in [-0.39, 0.29) is 0 Å². The molecule has 4 aromatic rings. The van der Waals surface area contributed by atoms with Crippen LogP contribution in [0.25, 0.3) is 28.0 Å². The van der Waals surface area contributed by atoms with E-state index in [2.05, 4.69) is 48.1 Å². The Morgan fingerprint density at radius 2 is 1.85 bits per heavy atom. The van der Waals surface area contributed by atoms with E-state index in [1.807, 2.05) is 41.5 Å². The SMILES string of the molecule is Cc1nc(-c2cnn(C)c2-c2ccc(Br)cc2)c2c(N3CCC3)ncnn12. The Hall–Kier alpha value is -2.74. The molecule has 1 aromatic carbocycles. The first-order chi connectivity index (χ1) is 13.1. The fourth-order valence-corrected chi connectivity index (χ4v) is 3.83. The lowest BCUT2D eigenvalue weighted by Crippen LogP contribution is -2.38. The summed E-state index contributed by atoms with van der Waals surface area (Å²) in [4.78, 5) is 11.7. The van der Waals surface area contributed by atoms with E-state index in [1.54, 1.807) is 6.33 Å². The Bertz CT molecular complexity index is 1140. The summed E-state index contributed by atoms with van der Waals surface area (Å²) in [5.41, 5.74) is 4.93. The Kier molecular flexibility index (Phi) is 3.75. The van der Waals surface area contributed by atoms with Gasteiger partial charge in [0.15, 0.2) is 5.82 Å². The largest absolute Gasteiger partial charge is 0.355 e. The van der Waals surface area contributed by atoms with Crippen molar-refractivity contribution in [2.24, 2.45) is 7.05 Å². The van der Waals surface area contributed by atoms with Crippen LogP contribution in [0.1, 0.15) is 12.2 Å². The molecule has 3 aromatic heterocycles. The van der Waals surface area contributed by atoms with Crippen molar-refractivity contribution in [2.75, 3.05) is 18.0 Å². The maximum absolute atomic E-state index is 4.85. The number of hydrogen-bond donors (Lipinski definition) is 0. The molecule has 136 valence electrons. The predicted octanol–water partition coefficient (Wildman–Crippen LogP) is 3.47. The van der Waals surface area contributed by atoms with Crippen LogP contribution in [-0.2, 0) is 7.05 Å². The summed E-state index contributed by atoms with van der Waals surface area (Å²) < 4.78 is 4.83. The lowest BCUT2D eigenvalue weighted by atomic mass is 10.0. The van der Waals surface area contributed by atoms with Crippen molar-refractivity contribution in [3.8, 4) is 22.5 Å². The van der Waals surface area contributed by atoms with Gasteiger partial charge >= 0.3 is 0 Å². The molecule has 0 atom stereocenters. The molecule has 0 bridgehead atoms.